The first-order chi connectivity index (χ1) is 10.2. The second-order valence-corrected chi connectivity index (χ2v) is 6.07. The minimum Gasteiger partial charge on any atom is -0.278 e. The SMILES string of the molecule is N#Cc1cccc(CN2C(=O)[C@@H]3[C@@H](C2=O)[C@H]2C=C[C@H]3C2)c1. The Labute approximate surface area is 122 Å². The molecule has 1 saturated carbocycles. The molecule has 1 aromatic carbocycles. The van der Waals surface area contributed by atoms with Crippen LogP contribution in [0.4, 0.5) is 0 Å². The van der Waals surface area contributed by atoms with Crippen molar-refractivity contribution in [3.05, 3.63) is 47.5 Å². The van der Waals surface area contributed by atoms with Crippen LogP contribution in [-0.4, -0.2) is 16.7 Å². The van der Waals surface area contributed by atoms with Crippen LogP contribution in [0.5, 0.6) is 0 Å². The van der Waals surface area contributed by atoms with Crippen molar-refractivity contribution < 1.29 is 9.59 Å². The van der Waals surface area contributed by atoms with Crippen LogP contribution in [0.1, 0.15) is 17.5 Å². The maximum Gasteiger partial charge on any atom is 0.234 e. The molecule has 0 unspecified atom stereocenters. The lowest BCUT2D eigenvalue weighted by Crippen LogP contribution is -2.32. The van der Waals surface area contributed by atoms with Crippen LogP contribution < -0.4 is 0 Å². The number of allylic oxidation sites excluding steroid dienone is 2. The monoisotopic (exact) mass is 278 g/mol. The number of amides is 2. The van der Waals surface area contributed by atoms with Gasteiger partial charge in [-0.3, -0.25) is 14.5 Å². The number of fused-ring (bicyclic) bond motifs is 5. The molecule has 2 fully saturated rings. The fraction of sp³-hybridized carbons (Fsp3) is 0.353. The van der Waals surface area contributed by atoms with E-state index in [1.54, 1.807) is 18.2 Å². The maximum atomic E-state index is 12.6. The third kappa shape index (κ3) is 1.67. The van der Waals surface area contributed by atoms with Crippen molar-refractivity contribution in [2.45, 2.75) is 13.0 Å². The fourth-order valence-electron chi connectivity index (χ4n) is 4.04. The van der Waals surface area contributed by atoms with Crippen LogP contribution >= 0.6 is 0 Å². The Morgan fingerprint density at radius 2 is 1.81 bits per heavy atom. The summed E-state index contributed by atoms with van der Waals surface area (Å²) in [6.07, 6.45) is 5.14. The molecule has 1 heterocycles. The van der Waals surface area contributed by atoms with Crippen LogP contribution in [-0.2, 0) is 16.1 Å². The number of benzene rings is 1. The maximum absolute atomic E-state index is 12.6. The van der Waals surface area contributed by atoms with E-state index in [2.05, 4.69) is 18.2 Å². The number of nitrogens with zero attached hydrogens (tertiary/aromatic N) is 2. The number of hydrogen-bond acceptors (Lipinski definition) is 3. The summed E-state index contributed by atoms with van der Waals surface area (Å²) < 4.78 is 0. The van der Waals surface area contributed by atoms with Crippen LogP contribution in [0.3, 0.4) is 0 Å². The smallest absolute Gasteiger partial charge is 0.234 e. The molecule has 104 valence electrons. The lowest BCUT2D eigenvalue weighted by atomic mass is 9.85. The van der Waals surface area contributed by atoms with Crippen molar-refractivity contribution in [2.75, 3.05) is 0 Å². The van der Waals surface area contributed by atoms with E-state index >= 15 is 0 Å². The van der Waals surface area contributed by atoms with Gasteiger partial charge in [-0.05, 0) is 36.0 Å². The molecule has 0 spiro atoms. The molecule has 0 aromatic heterocycles. The molecule has 2 bridgehead atoms. The molecule has 1 aromatic rings. The van der Waals surface area contributed by atoms with E-state index in [1.807, 2.05) is 6.07 Å². The largest absolute Gasteiger partial charge is 0.278 e. The Morgan fingerprint density at radius 1 is 1.14 bits per heavy atom. The van der Waals surface area contributed by atoms with Gasteiger partial charge in [-0.1, -0.05) is 24.3 Å². The van der Waals surface area contributed by atoms with E-state index in [0.717, 1.165) is 12.0 Å². The molecule has 1 aliphatic heterocycles. The van der Waals surface area contributed by atoms with Crippen molar-refractivity contribution in [1.29, 1.82) is 5.26 Å². The number of rotatable bonds is 2. The molecule has 4 heteroatoms. The first-order valence-electron chi connectivity index (χ1n) is 7.21. The Bertz CT molecular complexity index is 686. The lowest BCUT2D eigenvalue weighted by molar-refractivity contribution is -0.141. The molecule has 2 aliphatic carbocycles. The van der Waals surface area contributed by atoms with Gasteiger partial charge in [0, 0.05) is 0 Å². The minimum absolute atomic E-state index is 0.0378. The van der Waals surface area contributed by atoms with Crippen LogP contribution in [0, 0.1) is 35.0 Å². The number of likely N-dealkylation sites (tertiary alicyclic amines) is 1. The number of nitriles is 1. The Morgan fingerprint density at radius 3 is 2.43 bits per heavy atom. The summed E-state index contributed by atoms with van der Waals surface area (Å²) >= 11 is 0. The van der Waals surface area contributed by atoms with Gasteiger partial charge in [0.2, 0.25) is 11.8 Å². The van der Waals surface area contributed by atoms with Gasteiger partial charge in [0.25, 0.3) is 0 Å². The molecule has 0 N–H and O–H groups in total. The zero-order valence-corrected chi connectivity index (χ0v) is 11.4. The molecular weight excluding hydrogens is 264 g/mol. The molecule has 2 amide bonds. The zero-order valence-electron chi connectivity index (χ0n) is 11.4. The highest BCUT2D eigenvalue weighted by Crippen LogP contribution is 2.52. The van der Waals surface area contributed by atoms with Crippen molar-refractivity contribution in [3.63, 3.8) is 0 Å². The van der Waals surface area contributed by atoms with Crippen LogP contribution in [0.25, 0.3) is 0 Å². The summed E-state index contributed by atoms with van der Waals surface area (Å²) in [6.45, 7) is 0.277. The number of carbonyl (C=O) groups excluding carboxylic acids is 2. The van der Waals surface area contributed by atoms with Gasteiger partial charge in [-0.15, -0.1) is 0 Å². The topological polar surface area (TPSA) is 61.2 Å². The molecule has 4 atom stereocenters. The van der Waals surface area contributed by atoms with Crippen molar-refractivity contribution in [2.24, 2.45) is 23.7 Å². The third-order valence-corrected chi connectivity index (χ3v) is 4.96. The zero-order chi connectivity index (χ0) is 14.6. The summed E-state index contributed by atoms with van der Waals surface area (Å²) in [7, 11) is 0. The standard InChI is InChI=1S/C17H14N2O2/c18-8-10-2-1-3-11(6-10)9-19-16(20)14-12-4-5-13(7-12)15(14)17(19)21/h1-6,12-15H,7,9H2/t12-,13-,14-,15-/m0/s1. The van der Waals surface area contributed by atoms with Crippen molar-refractivity contribution in [3.8, 4) is 6.07 Å². The number of imide groups is 1. The van der Waals surface area contributed by atoms with Gasteiger partial charge in [-0.2, -0.15) is 5.26 Å². The van der Waals surface area contributed by atoms with E-state index in [1.165, 1.54) is 4.90 Å². The van der Waals surface area contributed by atoms with E-state index in [-0.39, 0.29) is 42.0 Å². The first kappa shape index (κ1) is 12.3. The minimum atomic E-state index is -0.147. The van der Waals surface area contributed by atoms with Gasteiger partial charge < -0.3 is 0 Å². The van der Waals surface area contributed by atoms with Gasteiger partial charge in [-0.25, -0.2) is 0 Å². The van der Waals surface area contributed by atoms with E-state index in [9.17, 15) is 9.59 Å². The predicted molar refractivity (Wildman–Crippen MR) is 74.4 cm³/mol. The first-order valence-corrected chi connectivity index (χ1v) is 7.21. The Kier molecular flexibility index (Phi) is 2.52. The quantitative estimate of drug-likeness (QED) is 0.613. The lowest BCUT2D eigenvalue weighted by Gasteiger charge is -2.17. The predicted octanol–water partition coefficient (Wildman–Crippen LogP) is 1.87. The second-order valence-electron chi connectivity index (χ2n) is 6.07. The van der Waals surface area contributed by atoms with Crippen molar-refractivity contribution in [1.82, 2.24) is 4.90 Å². The van der Waals surface area contributed by atoms with Crippen LogP contribution in [0.15, 0.2) is 36.4 Å². The average Bonchev–Trinajstić information content (AvgIpc) is 3.17. The average molecular weight is 278 g/mol. The van der Waals surface area contributed by atoms with Gasteiger partial charge in [0.15, 0.2) is 0 Å². The number of hydrogen-bond donors (Lipinski definition) is 0. The molecule has 4 nitrogen and oxygen atoms in total. The molecule has 3 aliphatic rings. The highest BCUT2D eigenvalue weighted by Gasteiger charge is 2.59. The van der Waals surface area contributed by atoms with E-state index in [0.29, 0.717) is 5.56 Å². The van der Waals surface area contributed by atoms with Gasteiger partial charge in [0.05, 0.1) is 30.0 Å². The molecule has 4 rings (SSSR count). The highest BCUT2D eigenvalue weighted by molar-refractivity contribution is 6.06. The second kappa shape index (κ2) is 4.29. The normalized spacial score (nSPS) is 32.6. The summed E-state index contributed by atoms with van der Waals surface area (Å²) in [4.78, 5) is 26.5. The summed E-state index contributed by atoms with van der Waals surface area (Å²) in [5.74, 6) is 0.116. The summed E-state index contributed by atoms with van der Waals surface area (Å²) in [6, 6.07) is 9.17. The van der Waals surface area contributed by atoms with Crippen molar-refractivity contribution >= 4 is 11.8 Å². The third-order valence-electron chi connectivity index (χ3n) is 4.96. The molecule has 1 saturated heterocycles. The van der Waals surface area contributed by atoms with Gasteiger partial charge >= 0.3 is 0 Å². The Hall–Kier alpha value is -2.41. The molecule has 21 heavy (non-hydrogen) atoms. The summed E-state index contributed by atoms with van der Waals surface area (Å²) in [5, 5.41) is 8.93. The highest BCUT2D eigenvalue weighted by atomic mass is 16.2. The summed E-state index contributed by atoms with van der Waals surface area (Å²) in [5.41, 5.74) is 1.38. The molecular formula is C17H14N2O2. The number of carbonyl (C=O) groups is 2. The van der Waals surface area contributed by atoms with Gasteiger partial charge in [0.1, 0.15) is 0 Å². The Balaban J connectivity index is 1.61. The van der Waals surface area contributed by atoms with E-state index in [4.69, 9.17) is 5.26 Å². The fourth-order valence-corrected chi connectivity index (χ4v) is 4.04. The molecule has 0 radical (unpaired) electrons. The van der Waals surface area contributed by atoms with Crippen LogP contribution in [0.2, 0.25) is 0 Å². The van der Waals surface area contributed by atoms with E-state index < -0.39 is 0 Å².